The Kier molecular flexibility index (Phi) is 6.10. The summed E-state index contributed by atoms with van der Waals surface area (Å²) in [5, 5.41) is 0. The molecule has 1 aromatic rings. The Balaban J connectivity index is 1.63. The summed E-state index contributed by atoms with van der Waals surface area (Å²) in [7, 11) is 0. The highest BCUT2D eigenvalue weighted by atomic mass is 19.1. The van der Waals surface area contributed by atoms with Crippen molar-refractivity contribution in [3.8, 4) is 0 Å². The van der Waals surface area contributed by atoms with Crippen molar-refractivity contribution in [3.05, 3.63) is 30.1 Å². The van der Waals surface area contributed by atoms with Gasteiger partial charge in [0, 0.05) is 32.7 Å². The van der Waals surface area contributed by atoms with Crippen LogP contribution in [0.15, 0.2) is 24.3 Å². The fourth-order valence-electron chi connectivity index (χ4n) is 3.81. The van der Waals surface area contributed by atoms with Gasteiger partial charge in [-0.15, -0.1) is 0 Å². The van der Waals surface area contributed by atoms with Crippen molar-refractivity contribution in [1.82, 2.24) is 9.80 Å². The van der Waals surface area contributed by atoms with Crippen LogP contribution < -0.4 is 4.90 Å². The second-order valence-corrected chi connectivity index (χ2v) is 8.45. The monoisotopic (exact) mass is 391 g/mol. The molecular formula is C21H30FN3O3. The maximum atomic E-state index is 14.0. The van der Waals surface area contributed by atoms with Crippen LogP contribution in [0.1, 0.15) is 40.0 Å². The summed E-state index contributed by atoms with van der Waals surface area (Å²) in [4.78, 5) is 31.0. The summed E-state index contributed by atoms with van der Waals surface area (Å²) in [5.41, 5.74) is -0.0179. The standard InChI is InChI=1S/C21H30FN3O3/c1-21(2,3)28-20(27)25-11-7-6-10-18(25)19(26)24-14-12-23(13-15-24)17-9-5-4-8-16(17)22/h4-5,8-9,18H,6-7,10-15H2,1-3H3. The van der Waals surface area contributed by atoms with E-state index in [1.165, 1.54) is 6.07 Å². The Morgan fingerprint density at radius 2 is 1.71 bits per heavy atom. The van der Waals surface area contributed by atoms with Crippen LogP contribution in [0, 0.1) is 5.82 Å². The Bertz CT molecular complexity index is 711. The number of hydrogen-bond acceptors (Lipinski definition) is 4. The lowest BCUT2D eigenvalue weighted by molar-refractivity contribution is -0.138. The summed E-state index contributed by atoms with van der Waals surface area (Å²) >= 11 is 0. The molecule has 2 aliphatic rings. The second-order valence-electron chi connectivity index (χ2n) is 8.45. The fraction of sp³-hybridized carbons (Fsp3) is 0.619. The first-order valence-electron chi connectivity index (χ1n) is 10.0. The third-order valence-corrected chi connectivity index (χ3v) is 5.20. The molecule has 2 amide bonds. The molecule has 0 bridgehead atoms. The van der Waals surface area contributed by atoms with Crippen LogP contribution >= 0.6 is 0 Å². The van der Waals surface area contributed by atoms with E-state index in [4.69, 9.17) is 4.74 Å². The molecule has 0 saturated carbocycles. The van der Waals surface area contributed by atoms with Crippen molar-refractivity contribution in [2.45, 2.75) is 51.7 Å². The number of anilines is 1. The number of para-hydroxylation sites is 1. The van der Waals surface area contributed by atoms with E-state index in [1.54, 1.807) is 21.9 Å². The third-order valence-electron chi connectivity index (χ3n) is 5.20. The first-order valence-corrected chi connectivity index (χ1v) is 10.0. The number of ether oxygens (including phenoxy) is 1. The highest BCUT2D eigenvalue weighted by molar-refractivity contribution is 5.86. The average Bonchev–Trinajstić information content (AvgIpc) is 2.67. The van der Waals surface area contributed by atoms with Gasteiger partial charge in [-0.3, -0.25) is 9.69 Å². The van der Waals surface area contributed by atoms with Crippen molar-refractivity contribution in [3.63, 3.8) is 0 Å². The minimum Gasteiger partial charge on any atom is -0.444 e. The lowest BCUT2D eigenvalue weighted by atomic mass is 10.0. The van der Waals surface area contributed by atoms with Crippen molar-refractivity contribution < 1.29 is 18.7 Å². The highest BCUT2D eigenvalue weighted by Crippen LogP contribution is 2.24. The zero-order valence-corrected chi connectivity index (χ0v) is 17.0. The first-order chi connectivity index (χ1) is 13.3. The SMILES string of the molecule is CC(C)(C)OC(=O)N1CCCCC1C(=O)N1CCN(c2ccccc2F)CC1. The van der Waals surface area contributed by atoms with E-state index < -0.39 is 17.7 Å². The molecule has 154 valence electrons. The van der Waals surface area contributed by atoms with Crippen molar-refractivity contribution in [1.29, 1.82) is 0 Å². The number of piperidine rings is 1. The molecule has 28 heavy (non-hydrogen) atoms. The van der Waals surface area contributed by atoms with Gasteiger partial charge in [-0.05, 0) is 52.2 Å². The van der Waals surface area contributed by atoms with Gasteiger partial charge in [0.15, 0.2) is 0 Å². The molecule has 0 N–H and O–H groups in total. The number of carbonyl (C=O) groups excluding carboxylic acids is 2. The van der Waals surface area contributed by atoms with Crippen molar-refractivity contribution in [2.75, 3.05) is 37.6 Å². The summed E-state index contributed by atoms with van der Waals surface area (Å²) in [6.45, 7) is 8.21. The van der Waals surface area contributed by atoms with Crippen molar-refractivity contribution >= 4 is 17.7 Å². The van der Waals surface area contributed by atoms with E-state index in [2.05, 4.69) is 0 Å². The maximum Gasteiger partial charge on any atom is 0.410 e. The van der Waals surface area contributed by atoms with Gasteiger partial charge in [0.25, 0.3) is 0 Å². The Morgan fingerprint density at radius 1 is 1.04 bits per heavy atom. The van der Waals surface area contributed by atoms with Gasteiger partial charge in [-0.25, -0.2) is 9.18 Å². The summed E-state index contributed by atoms with van der Waals surface area (Å²) < 4.78 is 19.5. The van der Waals surface area contributed by atoms with Gasteiger partial charge >= 0.3 is 6.09 Å². The Labute approximate surface area is 166 Å². The maximum absolute atomic E-state index is 14.0. The van der Waals surface area contributed by atoms with Crippen LogP contribution in [-0.2, 0) is 9.53 Å². The van der Waals surface area contributed by atoms with Crippen LogP contribution in [0.2, 0.25) is 0 Å². The zero-order valence-electron chi connectivity index (χ0n) is 17.0. The third kappa shape index (κ3) is 4.75. The largest absolute Gasteiger partial charge is 0.444 e. The molecule has 6 nitrogen and oxygen atoms in total. The van der Waals surface area contributed by atoms with Gasteiger partial charge in [0.2, 0.25) is 5.91 Å². The number of carbonyl (C=O) groups is 2. The van der Waals surface area contributed by atoms with Gasteiger partial charge in [0.05, 0.1) is 5.69 Å². The average molecular weight is 391 g/mol. The number of halogens is 1. The van der Waals surface area contributed by atoms with Gasteiger partial charge in [-0.1, -0.05) is 12.1 Å². The van der Waals surface area contributed by atoms with Crippen LogP contribution in [0.25, 0.3) is 0 Å². The first kappa shape index (κ1) is 20.4. The lowest BCUT2D eigenvalue weighted by Gasteiger charge is -2.41. The normalized spacial score (nSPS) is 20.9. The van der Waals surface area contributed by atoms with Gasteiger partial charge in [0.1, 0.15) is 17.5 Å². The fourth-order valence-corrected chi connectivity index (χ4v) is 3.81. The number of hydrogen-bond donors (Lipinski definition) is 0. The number of likely N-dealkylation sites (tertiary alicyclic amines) is 1. The lowest BCUT2D eigenvalue weighted by Crippen LogP contribution is -2.57. The number of nitrogens with zero attached hydrogens (tertiary/aromatic N) is 3. The van der Waals surface area contributed by atoms with E-state index in [0.717, 1.165) is 12.8 Å². The van der Waals surface area contributed by atoms with E-state index in [-0.39, 0.29) is 11.7 Å². The molecular weight excluding hydrogens is 361 g/mol. The predicted octanol–water partition coefficient (Wildman–Crippen LogP) is 3.26. The minimum atomic E-state index is -0.590. The van der Waals surface area contributed by atoms with Crippen LogP contribution in [-0.4, -0.2) is 66.2 Å². The Morgan fingerprint density at radius 3 is 2.36 bits per heavy atom. The topological polar surface area (TPSA) is 53.1 Å². The smallest absolute Gasteiger partial charge is 0.410 e. The summed E-state index contributed by atoms with van der Waals surface area (Å²) in [6, 6.07) is 6.23. The van der Waals surface area contributed by atoms with E-state index >= 15 is 0 Å². The molecule has 0 aromatic heterocycles. The molecule has 7 heteroatoms. The van der Waals surface area contributed by atoms with Gasteiger partial charge in [-0.2, -0.15) is 0 Å². The van der Waals surface area contributed by atoms with E-state index in [1.807, 2.05) is 31.7 Å². The highest BCUT2D eigenvalue weighted by Gasteiger charge is 2.37. The van der Waals surface area contributed by atoms with Crippen LogP contribution in [0.5, 0.6) is 0 Å². The number of piperazine rings is 1. The molecule has 3 rings (SSSR count). The number of amides is 2. The predicted molar refractivity (Wildman–Crippen MR) is 106 cm³/mol. The quantitative estimate of drug-likeness (QED) is 0.777. The van der Waals surface area contributed by atoms with E-state index in [0.29, 0.717) is 44.8 Å². The number of benzene rings is 1. The molecule has 0 spiro atoms. The zero-order chi connectivity index (χ0) is 20.3. The van der Waals surface area contributed by atoms with Crippen molar-refractivity contribution in [2.24, 2.45) is 0 Å². The molecule has 2 fully saturated rings. The second kappa shape index (κ2) is 8.37. The molecule has 0 radical (unpaired) electrons. The molecule has 1 atom stereocenters. The van der Waals surface area contributed by atoms with Crippen LogP contribution in [0.4, 0.5) is 14.9 Å². The number of rotatable bonds is 2. The summed E-state index contributed by atoms with van der Waals surface area (Å²) in [6.07, 6.45) is 2.04. The molecule has 1 unspecified atom stereocenters. The van der Waals surface area contributed by atoms with Crippen LogP contribution in [0.3, 0.4) is 0 Å². The molecule has 2 saturated heterocycles. The molecule has 1 aromatic carbocycles. The summed E-state index contributed by atoms with van der Waals surface area (Å²) in [5.74, 6) is -0.274. The molecule has 2 aliphatic heterocycles. The van der Waals surface area contributed by atoms with E-state index in [9.17, 15) is 14.0 Å². The van der Waals surface area contributed by atoms with Gasteiger partial charge < -0.3 is 14.5 Å². The Hall–Kier alpha value is -2.31. The molecule has 0 aliphatic carbocycles. The molecule has 2 heterocycles. The minimum absolute atomic E-state index is 0.0289.